The van der Waals surface area contributed by atoms with Crippen LogP contribution in [-0.2, 0) is 0 Å². The van der Waals surface area contributed by atoms with E-state index in [2.05, 4.69) is 44.6 Å². The molecule has 1 aromatic rings. The number of carbonyl (C=O) groups excluding carboxylic acids is 1. The summed E-state index contributed by atoms with van der Waals surface area (Å²) < 4.78 is 0. The molecule has 2 rings (SSSR count). The van der Waals surface area contributed by atoms with Crippen LogP contribution in [0.15, 0.2) is 24.5 Å². The lowest BCUT2D eigenvalue weighted by atomic mass is 9.77. The Morgan fingerprint density at radius 1 is 1.18 bits per heavy atom. The topological polar surface area (TPSA) is 36.4 Å². The summed E-state index contributed by atoms with van der Waals surface area (Å²) in [7, 11) is 4.10. The second kappa shape index (κ2) is 6.55. The molecule has 22 heavy (non-hydrogen) atoms. The van der Waals surface area contributed by atoms with Crippen LogP contribution in [-0.4, -0.2) is 51.9 Å². The Labute approximate surface area is 140 Å². The van der Waals surface area contributed by atoms with Crippen molar-refractivity contribution in [3.8, 4) is 0 Å². The quantitative estimate of drug-likeness (QED) is 0.837. The van der Waals surface area contributed by atoms with Gasteiger partial charge in [-0.25, -0.2) is 0 Å². The summed E-state index contributed by atoms with van der Waals surface area (Å²) in [5.41, 5.74) is 0.875. The van der Waals surface area contributed by atoms with Crippen molar-refractivity contribution in [2.45, 2.75) is 57.7 Å². The number of halogens is 1. The van der Waals surface area contributed by atoms with E-state index in [1.165, 1.54) is 0 Å². The second-order valence-electron chi connectivity index (χ2n) is 7.40. The Balaban J connectivity index is 0.00000242. The van der Waals surface area contributed by atoms with Crippen LogP contribution in [0.3, 0.4) is 0 Å². The van der Waals surface area contributed by atoms with E-state index in [4.69, 9.17) is 0 Å². The molecule has 0 spiro atoms. The molecule has 0 N–H and O–H groups in total. The zero-order chi connectivity index (χ0) is 15.8. The Kier molecular flexibility index (Phi) is 5.63. The van der Waals surface area contributed by atoms with E-state index in [1.807, 2.05) is 11.9 Å². The molecule has 0 bridgehead atoms. The van der Waals surface area contributed by atoms with Crippen LogP contribution < -0.4 is 0 Å². The molecule has 1 saturated heterocycles. The fourth-order valence-electron chi connectivity index (χ4n) is 3.46. The molecule has 5 heteroatoms. The van der Waals surface area contributed by atoms with E-state index in [0.717, 1.165) is 12.8 Å². The standard InChI is InChI=1S/C17H27N3O.ClH/c1-16(2)11-14(12-17(3,4)20(16)6)19(5)15(21)13-7-9-18-10-8-13;/h7-10,14H,11-12H2,1-6H3;1H. The van der Waals surface area contributed by atoms with Gasteiger partial charge in [0, 0.05) is 42.1 Å². The molecule has 1 aromatic heterocycles. The number of nitrogens with zero attached hydrogens (tertiary/aromatic N) is 3. The highest BCUT2D eigenvalue weighted by molar-refractivity contribution is 5.94. The lowest BCUT2D eigenvalue weighted by Gasteiger charge is -2.55. The van der Waals surface area contributed by atoms with Crippen molar-refractivity contribution in [2.75, 3.05) is 14.1 Å². The van der Waals surface area contributed by atoms with Crippen molar-refractivity contribution in [2.24, 2.45) is 0 Å². The van der Waals surface area contributed by atoms with Crippen molar-refractivity contribution in [1.82, 2.24) is 14.8 Å². The Bertz CT molecular complexity index is 498. The molecule has 0 unspecified atom stereocenters. The molecule has 4 nitrogen and oxygen atoms in total. The first-order valence-corrected chi connectivity index (χ1v) is 7.56. The SMILES string of the molecule is CN(C(=O)c1ccncc1)C1CC(C)(C)N(C)C(C)(C)C1.Cl. The zero-order valence-corrected chi connectivity index (χ0v) is 15.3. The summed E-state index contributed by atoms with van der Waals surface area (Å²) in [6.45, 7) is 9.02. The number of carbonyl (C=O) groups is 1. The number of piperidine rings is 1. The van der Waals surface area contributed by atoms with Gasteiger partial charge in [0.1, 0.15) is 0 Å². The first kappa shape index (κ1) is 18.9. The van der Waals surface area contributed by atoms with Crippen LogP contribution in [0.25, 0.3) is 0 Å². The molecule has 1 aliphatic rings. The monoisotopic (exact) mass is 325 g/mol. The number of pyridine rings is 1. The number of amides is 1. The Morgan fingerprint density at radius 3 is 2.09 bits per heavy atom. The van der Waals surface area contributed by atoms with Crippen LogP contribution in [0.4, 0.5) is 0 Å². The van der Waals surface area contributed by atoms with Crippen molar-refractivity contribution < 1.29 is 4.79 Å². The van der Waals surface area contributed by atoms with Gasteiger partial charge in [-0.3, -0.25) is 14.7 Å². The molecule has 2 heterocycles. The second-order valence-corrected chi connectivity index (χ2v) is 7.40. The number of likely N-dealkylation sites (tertiary alicyclic amines) is 1. The molecule has 1 amide bonds. The maximum Gasteiger partial charge on any atom is 0.253 e. The summed E-state index contributed by atoms with van der Waals surface area (Å²) in [4.78, 5) is 21.0. The third-order valence-corrected chi connectivity index (χ3v) is 5.08. The summed E-state index contributed by atoms with van der Waals surface area (Å²) in [5, 5.41) is 0. The van der Waals surface area contributed by atoms with Gasteiger partial charge in [0.2, 0.25) is 0 Å². The number of hydrogen-bond donors (Lipinski definition) is 0. The van der Waals surface area contributed by atoms with Crippen LogP contribution in [0.5, 0.6) is 0 Å². The molecule has 124 valence electrons. The number of hydrogen-bond acceptors (Lipinski definition) is 3. The molecule has 0 aromatic carbocycles. The predicted molar refractivity (Wildman–Crippen MR) is 92.5 cm³/mol. The van der Waals surface area contributed by atoms with Crippen LogP contribution in [0.2, 0.25) is 0 Å². The molecule has 0 aliphatic carbocycles. The predicted octanol–water partition coefficient (Wildman–Crippen LogP) is 3.23. The number of aromatic nitrogens is 1. The minimum atomic E-state index is 0. The van der Waals surface area contributed by atoms with Crippen molar-refractivity contribution in [1.29, 1.82) is 0 Å². The zero-order valence-electron chi connectivity index (χ0n) is 14.5. The third kappa shape index (κ3) is 3.61. The average molecular weight is 326 g/mol. The van der Waals surface area contributed by atoms with Crippen LogP contribution in [0.1, 0.15) is 50.9 Å². The number of rotatable bonds is 2. The third-order valence-electron chi connectivity index (χ3n) is 5.08. The Hall–Kier alpha value is -1.13. The van der Waals surface area contributed by atoms with E-state index in [9.17, 15) is 4.79 Å². The van der Waals surface area contributed by atoms with E-state index in [0.29, 0.717) is 5.56 Å². The molecular weight excluding hydrogens is 298 g/mol. The smallest absolute Gasteiger partial charge is 0.253 e. The van der Waals surface area contributed by atoms with Gasteiger partial charge < -0.3 is 4.90 Å². The van der Waals surface area contributed by atoms with Gasteiger partial charge in [-0.2, -0.15) is 0 Å². The molecule has 1 aliphatic heterocycles. The molecule has 1 fully saturated rings. The summed E-state index contributed by atoms with van der Waals surface area (Å²) in [6, 6.07) is 3.82. The van der Waals surface area contributed by atoms with Gasteiger partial charge >= 0.3 is 0 Å². The lowest BCUT2D eigenvalue weighted by Crippen LogP contribution is -2.62. The highest BCUT2D eigenvalue weighted by Gasteiger charge is 2.44. The van der Waals surface area contributed by atoms with Gasteiger partial charge in [-0.15, -0.1) is 12.4 Å². The summed E-state index contributed by atoms with van der Waals surface area (Å²) in [6.07, 6.45) is 5.31. The first-order valence-electron chi connectivity index (χ1n) is 7.56. The molecule has 0 radical (unpaired) electrons. The normalized spacial score (nSPS) is 21.0. The van der Waals surface area contributed by atoms with Gasteiger partial charge in [-0.1, -0.05) is 0 Å². The largest absolute Gasteiger partial charge is 0.339 e. The average Bonchev–Trinajstić information content (AvgIpc) is 2.43. The van der Waals surface area contributed by atoms with Gasteiger partial charge in [0.25, 0.3) is 5.91 Å². The Morgan fingerprint density at radius 2 is 1.64 bits per heavy atom. The summed E-state index contributed by atoms with van der Waals surface area (Å²) >= 11 is 0. The first-order chi connectivity index (χ1) is 9.65. The summed E-state index contributed by atoms with van der Waals surface area (Å²) in [5.74, 6) is 0.0820. The van der Waals surface area contributed by atoms with Gasteiger partial charge in [0.05, 0.1) is 0 Å². The minimum absolute atomic E-state index is 0. The van der Waals surface area contributed by atoms with E-state index in [-0.39, 0.29) is 35.4 Å². The highest BCUT2D eigenvalue weighted by Crippen LogP contribution is 2.38. The van der Waals surface area contributed by atoms with Gasteiger partial charge in [0.15, 0.2) is 0 Å². The van der Waals surface area contributed by atoms with Gasteiger partial charge in [-0.05, 0) is 59.7 Å². The van der Waals surface area contributed by atoms with E-state index in [1.54, 1.807) is 24.5 Å². The van der Waals surface area contributed by atoms with Crippen molar-refractivity contribution >= 4 is 18.3 Å². The molecule has 0 saturated carbocycles. The van der Waals surface area contributed by atoms with E-state index >= 15 is 0 Å². The fourth-order valence-corrected chi connectivity index (χ4v) is 3.46. The molecular formula is C17H28ClN3O. The lowest BCUT2D eigenvalue weighted by molar-refractivity contribution is -0.0376. The van der Waals surface area contributed by atoms with Crippen LogP contribution >= 0.6 is 12.4 Å². The minimum Gasteiger partial charge on any atom is -0.339 e. The maximum absolute atomic E-state index is 12.6. The van der Waals surface area contributed by atoms with Crippen LogP contribution in [0, 0.1) is 0 Å². The highest BCUT2D eigenvalue weighted by atomic mass is 35.5. The maximum atomic E-state index is 12.6. The molecule has 0 atom stereocenters. The van der Waals surface area contributed by atoms with Crippen molar-refractivity contribution in [3.05, 3.63) is 30.1 Å². The fraction of sp³-hybridized carbons (Fsp3) is 0.647. The van der Waals surface area contributed by atoms with Crippen molar-refractivity contribution in [3.63, 3.8) is 0 Å². The van der Waals surface area contributed by atoms with E-state index < -0.39 is 0 Å².